The zero-order valence-electron chi connectivity index (χ0n) is 29.7. The van der Waals surface area contributed by atoms with Crippen LogP contribution < -0.4 is 4.90 Å². The Labute approximate surface area is 284 Å². The summed E-state index contributed by atoms with van der Waals surface area (Å²) < 4.78 is 0. The van der Waals surface area contributed by atoms with Crippen molar-refractivity contribution in [1.82, 2.24) is 9.97 Å². The molecule has 2 aromatic carbocycles. The molecule has 1 aromatic heterocycles. The van der Waals surface area contributed by atoms with E-state index in [1.807, 2.05) is 91.0 Å². The third-order valence-electron chi connectivity index (χ3n) is 7.47. The molecule has 3 aromatic rings. The van der Waals surface area contributed by atoms with Crippen molar-refractivity contribution in [1.29, 1.82) is 0 Å². The molecule has 47 heavy (non-hydrogen) atoms. The van der Waals surface area contributed by atoms with Crippen LogP contribution >= 0.6 is 0 Å². The third kappa shape index (κ3) is 8.83. The monoisotopic (exact) mass is 623 g/mol. The molecule has 244 valence electrons. The van der Waals surface area contributed by atoms with E-state index < -0.39 is 0 Å². The van der Waals surface area contributed by atoms with Gasteiger partial charge in [0.2, 0.25) is 5.95 Å². The molecule has 0 saturated heterocycles. The van der Waals surface area contributed by atoms with Gasteiger partial charge in [-0.3, -0.25) is 0 Å². The highest BCUT2D eigenvalue weighted by Crippen LogP contribution is 2.40. The van der Waals surface area contributed by atoms with Gasteiger partial charge in [0.25, 0.3) is 0 Å². The van der Waals surface area contributed by atoms with Gasteiger partial charge < -0.3 is 4.90 Å². The molecule has 5 rings (SSSR count). The standard InChI is InChI=1S/C38H35N3.3C2H6/c1-6-11-13-19-31-26-41(35-24-22-27(9-4)30(16-8-3)25-34(31)35)38-39-36(28(10-5)17-12-7-2)33-23-21-29-18-14-15-20-32(29)37(33)40-38;3*1-2/h6-15,17-24H,1,3-5,16,25-26H2,2H3;3*1-2H3/b12-7-,13-11-,28-17+,31-19+;;;. The number of hydrogen-bond acceptors (Lipinski definition) is 3. The molecule has 1 aliphatic carbocycles. The van der Waals surface area contributed by atoms with Gasteiger partial charge in [-0.15, -0.1) is 6.58 Å². The highest BCUT2D eigenvalue weighted by atomic mass is 15.3. The Morgan fingerprint density at radius 3 is 2.26 bits per heavy atom. The lowest BCUT2D eigenvalue weighted by Crippen LogP contribution is -2.21. The number of benzene rings is 2. The lowest BCUT2D eigenvalue weighted by molar-refractivity contribution is 0.978. The van der Waals surface area contributed by atoms with E-state index in [1.165, 1.54) is 16.7 Å². The van der Waals surface area contributed by atoms with Crippen molar-refractivity contribution >= 4 is 33.2 Å². The van der Waals surface area contributed by atoms with Crippen LogP contribution in [0.3, 0.4) is 0 Å². The fourth-order valence-electron chi connectivity index (χ4n) is 5.47. The molecule has 0 radical (unpaired) electrons. The lowest BCUT2D eigenvalue weighted by Gasteiger charge is -2.21. The van der Waals surface area contributed by atoms with Crippen molar-refractivity contribution in [2.24, 2.45) is 0 Å². The number of fused-ring (bicyclic) bond motifs is 3. The lowest BCUT2D eigenvalue weighted by atomic mass is 9.95. The largest absolute Gasteiger partial charge is 0.306 e. The Kier molecular flexibility index (Phi) is 16.4. The fourth-order valence-corrected chi connectivity index (χ4v) is 5.47. The van der Waals surface area contributed by atoms with Crippen molar-refractivity contribution < 1.29 is 0 Å². The Hall–Kier alpha value is -5.02. The van der Waals surface area contributed by atoms with Crippen LogP contribution in [0.1, 0.15) is 67.0 Å². The molecule has 2 heterocycles. The topological polar surface area (TPSA) is 29.0 Å². The highest BCUT2D eigenvalue weighted by molar-refractivity contribution is 6.09. The number of allylic oxidation sites excluding steroid dienone is 15. The van der Waals surface area contributed by atoms with Crippen molar-refractivity contribution in [2.45, 2.75) is 61.3 Å². The van der Waals surface area contributed by atoms with Crippen LogP contribution in [0.2, 0.25) is 0 Å². The van der Waals surface area contributed by atoms with Crippen molar-refractivity contribution in [3.05, 3.63) is 169 Å². The van der Waals surface area contributed by atoms with E-state index in [4.69, 9.17) is 9.97 Å². The van der Waals surface area contributed by atoms with Crippen LogP contribution in [0.4, 0.5) is 5.95 Å². The van der Waals surface area contributed by atoms with E-state index in [-0.39, 0.29) is 0 Å². The minimum atomic E-state index is 0.664. The molecule has 1 aliphatic heterocycles. The van der Waals surface area contributed by atoms with Gasteiger partial charge in [-0.1, -0.05) is 164 Å². The van der Waals surface area contributed by atoms with Crippen molar-refractivity contribution in [2.75, 3.05) is 11.4 Å². The van der Waals surface area contributed by atoms with Crippen LogP contribution in [0.25, 0.3) is 27.2 Å². The SMILES string of the molecule is C=C/C=C\C=C1/CN(c2nc(/C(C=C)=C/C=C\C)c3ccc4ccccc4c3n2)C2=C1CC(CC=C)=C(C=C)C=C2.CC.CC.CC. The fraction of sp³-hybridized carbons (Fsp3) is 0.227. The summed E-state index contributed by atoms with van der Waals surface area (Å²) in [6, 6.07) is 12.6. The van der Waals surface area contributed by atoms with Crippen molar-refractivity contribution in [3.63, 3.8) is 0 Å². The molecule has 0 spiro atoms. The van der Waals surface area contributed by atoms with Gasteiger partial charge in [0.05, 0.1) is 17.8 Å². The van der Waals surface area contributed by atoms with Gasteiger partial charge in [-0.2, -0.15) is 0 Å². The number of rotatable bonds is 9. The van der Waals surface area contributed by atoms with Crippen molar-refractivity contribution in [3.8, 4) is 0 Å². The summed E-state index contributed by atoms with van der Waals surface area (Å²) >= 11 is 0. The van der Waals surface area contributed by atoms with Gasteiger partial charge in [0, 0.05) is 22.0 Å². The van der Waals surface area contributed by atoms with E-state index >= 15 is 0 Å². The molecule has 3 heteroatoms. The number of hydrogen-bond donors (Lipinski definition) is 0. The van der Waals surface area contributed by atoms with E-state index in [2.05, 4.69) is 91.9 Å². The molecule has 2 aliphatic rings. The third-order valence-corrected chi connectivity index (χ3v) is 7.47. The second kappa shape index (κ2) is 20.2. The summed E-state index contributed by atoms with van der Waals surface area (Å²) in [5, 5.41) is 3.25. The zero-order chi connectivity index (χ0) is 34.8. The molecule has 0 unspecified atom stereocenters. The van der Waals surface area contributed by atoms with E-state index in [0.29, 0.717) is 12.5 Å². The number of nitrogens with zero attached hydrogens (tertiary/aromatic N) is 3. The first-order valence-electron chi connectivity index (χ1n) is 16.9. The average Bonchev–Trinajstić information content (AvgIpc) is 3.36. The smallest absolute Gasteiger partial charge is 0.231 e. The van der Waals surface area contributed by atoms with Crippen LogP contribution in [0, 0.1) is 0 Å². The molecular formula is C44H53N3. The second-order valence-electron chi connectivity index (χ2n) is 9.94. The quantitative estimate of drug-likeness (QED) is 0.135. The Morgan fingerprint density at radius 1 is 0.851 bits per heavy atom. The summed E-state index contributed by atoms with van der Waals surface area (Å²) in [7, 11) is 0. The molecule has 0 bridgehead atoms. The van der Waals surface area contributed by atoms with Gasteiger partial charge in [0.1, 0.15) is 0 Å². The second-order valence-corrected chi connectivity index (χ2v) is 9.94. The Morgan fingerprint density at radius 2 is 1.60 bits per heavy atom. The molecule has 3 nitrogen and oxygen atoms in total. The summed E-state index contributed by atoms with van der Waals surface area (Å²) in [5.74, 6) is 0.664. The number of anilines is 1. The molecule has 0 amide bonds. The first-order valence-corrected chi connectivity index (χ1v) is 16.9. The molecular weight excluding hydrogens is 571 g/mol. The maximum atomic E-state index is 5.25. The highest BCUT2D eigenvalue weighted by Gasteiger charge is 2.30. The van der Waals surface area contributed by atoms with E-state index in [9.17, 15) is 0 Å². The minimum Gasteiger partial charge on any atom is -0.306 e. The van der Waals surface area contributed by atoms with Crippen LogP contribution in [-0.4, -0.2) is 16.5 Å². The number of aromatic nitrogens is 2. The van der Waals surface area contributed by atoms with Crippen LogP contribution in [0.15, 0.2) is 164 Å². The molecule has 0 fully saturated rings. The van der Waals surface area contributed by atoms with Crippen LogP contribution in [0.5, 0.6) is 0 Å². The summed E-state index contributed by atoms with van der Waals surface area (Å²) in [5.41, 5.74) is 8.77. The summed E-state index contributed by atoms with van der Waals surface area (Å²) in [6.45, 7) is 30.7. The van der Waals surface area contributed by atoms with E-state index in [1.54, 1.807) is 6.08 Å². The Balaban J connectivity index is 0.00000121. The van der Waals surface area contributed by atoms with Gasteiger partial charge in [-0.25, -0.2) is 9.97 Å². The molecule has 0 saturated carbocycles. The normalized spacial score (nSPS) is 15.1. The first kappa shape index (κ1) is 38.2. The van der Waals surface area contributed by atoms with Crippen LogP contribution in [-0.2, 0) is 0 Å². The summed E-state index contributed by atoms with van der Waals surface area (Å²) in [6.07, 6.45) is 25.8. The minimum absolute atomic E-state index is 0.664. The average molecular weight is 624 g/mol. The maximum absolute atomic E-state index is 5.25. The Bertz CT molecular complexity index is 1780. The zero-order valence-corrected chi connectivity index (χ0v) is 29.7. The predicted molar refractivity (Wildman–Crippen MR) is 212 cm³/mol. The molecule has 0 N–H and O–H groups in total. The maximum Gasteiger partial charge on any atom is 0.231 e. The summed E-state index contributed by atoms with van der Waals surface area (Å²) in [4.78, 5) is 12.7. The predicted octanol–water partition coefficient (Wildman–Crippen LogP) is 12.8. The van der Waals surface area contributed by atoms with Gasteiger partial charge in [0.15, 0.2) is 0 Å². The van der Waals surface area contributed by atoms with Gasteiger partial charge in [-0.05, 0) is 54.0 Å². The molecule has 0 atom stereocenters. The van der Waals surface area contributed by atoms with E-state index in [0.717, 1.165) is 57.1 Å². The first-order chi connectivity index (χ1) is 23.1. The van der Waals surface area contributed by atoms with Gasteiger partial charge >= 0.3 is 0 Å².